The number of piperidine rings is 1. The van der Waals surface area contributed by atoms with Crippen LogP contribution in [0.1, 0.15) is 36.8 Å². The maximum atomic E-state index is 13.0. The summed E-state index contributed by atoms with van der Waals surface area (Å²) in [5.74, 6) is 0.447. The molecule has 24 heavy (non-hydrogen) atoms. The molecule has 0 spiro atoms. The molecule has 132 valence electrons. The number of hydrogen-bond acceptors (Lipinski definition) is 3. The van der Waals surface area contributed by atoms with Crippen molar-refractivity contribution in [3.05, 3.63) is 35.4 Å². The van der Waals surface area contributed by atoms with Gasteiger partial charge in [0.05, 0.1) is 12.0 Å². The lowest BCUT2D eigenvalue weighted by Crippen LogP contribution is -2.46. The van der Waals surface area contributed by atoms with Gasteiger partial charge in [-0.25, -0.2) is 0 Å². The summed E-state index contributed by atoms with van der Waals surface area (Å²) < 4.78 is 5.78. The molecule has 2 atom stereocenters. The van der Waals surface area contributed by atoms with Crippen LogP contribution in [0.4, 0.5) is 0 Å². The largest absolute Gasteiger partial charge is 0.376 e. The zero-order valence-corrected chi connectivity index (χ0v) is 14.8. The molecule has 2 aliphatic heterocycles. The van der Waals surface area contributed by atoms with Gasteiger partial charge < -0.3 is 15.0 Å². The van der Waals surface area contributed by atoms with Gasteiger partial charge in [0, 0.05) is 26.2 Å². The van der Waals surface area contributed by atoms with Crippen LogP contribution >= 0.6 is 0 Å². The van der Waals surface area contributed by atoms with E-state index in [0.29, 0.717) is 5.91 Å². The molecule has 1 aromatic rings. The van der Waals surface area contributed by atoms with Gasteiger partial charge in [-0.05, 0) is 51.1 Å². The molecule has 2 fully saturated rings. The maximum Gasteiger partial charge on any atom is 0.227 e. The second-order valence-corrected chi connectivity index (χ2v) is 7.20. The molecule has 1 N–H and O–H groups in total. The average Bonchev–Trinajstić information content (AvgIpc) is 3.13. The highest BCUT2D eigenvalue weighted by atomic mass is 16.5. The fourth-order valence-corrected chi connectivity index (χ4v) is 3.67. The van der Waals surface area contributed by atoms with Crippen LogP contribution in [0.25, 0.3) is 0 Å². The Hall–Kier alpha value is -1.39. The van der Waals surface area contributed by atoms with Crippen LogP contribution < -0.4 is 5.32 Å². The number of amides is 1. The Bertz CT molecular complexity index is 517. The number of carbonyl (C=O) groups is 1. The van der Waals surface area contributed by atoms with Crippen molar-refractivity contribution in [1.29, 1.82) is 0 Å². The van der Waals surface area contributed by atoms with Gasteiger partial charge in [-0.2, -0.15) is 0 Å². The summed E-state index contributed by atoms with van der Waals surface area (Å²) in [6, 6.07) is 8.64. The summed E-state index contributed by atoms with van der Waals surface area (Å²) >= 11 is 0. The lowest BCUT2D eigenvalue weighted by atomic mass is 9.97. The second-order valence-electron chi connectivity index (χ2n) is 7.20. The number of nitrogens with one attached hydrogen (secondary N) is 1. The third-order valence-corrected chi connectivity index (χ3v) is 5.20. The van der Waals surface area contributed by atoms with Gasteiger partial charge in [-0.15, -0.1) is 0 Å². The molecule has 2 heterocycles. The van der Waals surface area contributed by atoms with Crippen molar-refractivity contribution < 1.29 is 9.53 Å². The van der Waals surface area contributed by atoms with E-state index in [-0.39, 0.29) is 12.0 Å². The van der Waals surface area contributed by atoms with Crippen LogP contribution in [0, 0.1) is 12.8 Å². The van der Waals surface area contributed by atoms with E-state index >= 15 is 0 Å². The third-order valence-electron chi connectivity index (χ3n) is 5.20. The summed E-state index contributed by atoms with van der Waals surface area (Å²) in [5, 5.41) is 3.37. The van der Waals surface area contributed by atoms with Crippen LogP contribution in [-0.2, 0) is 16.0 Å². The molecule has 0 aromatic heterocycles. The number of ether oxygens (including phenoxy) is 1. The molecule has 1 aromatic carbocycles. The first-order valence-corrected chi connectivity index (χ1v) is 9.39. The number of aryl methyl sites for hydroxylation is 1. The second kappa shape index (κ2) is 8.63. The number of rotatable bonds is 6. The zero-order chi connectivity index (χ0) is 16.8. The van der Waals surface area contributed by atoms with Crippen molar-refractivity contribution in [2.75, 3.05) is 32.8 Å². The molecule has 4 heteroatoms. The first kappa shape index (κ1) is 17.4. The zero-order valence-electron chi connectivity index (χ0n) is 14.8. The van der Waals surface area contributed by atoms with Crippen LogP contribution in [0.15, 0.2) is 24.3 Å². The van der Waals surface area contributed by atoms with E-state index in [1.807, 2.05) is 0 Å². The normalized spacial score (nSPS) is 24.0. The average molecular weight is 330 g/mol. The van der Waals surface area contributed by atoms with E-state index in [1.54, 1.807) is 0 Å². The van der Waals surface area contributed by atoms with Gasteiger partial charge in [-0.3, -0.25) is 4.79 Å². The Morgan fingerprint density at radius 1 is 1.25 bits per heavy atom. The SMILES string of the molecule is Cc1ccc(CCN(CC2CCCO2)C(=O)C2CCCNC2)cc1. The third kappa shape index (κ3) is 4.81. The van der Waals surface area contributed by atoms with Crippen LogP contribution in [0.5, 0.6) is 0 Å². The lowest BCUT2D eigenvalue weighted by molar-refractivity contribution is -0.137. The minimum atomic E-state index is 0.137. The highest BCUT2D eigenvalue weighted by Gasteiger charge is 2.28. The summed E-state index contributed by atoms with van der Waals surface area (Å²) in [4.78, 5) is 15.1. The maximum absolute atomic E-state index is 13.0. The molecule has 1 amide bonds. The van der Waals surface area contributed by atoms with Crippen LogP contribution in [-0.4, -0.2) is 49.7 Å². The molecule has 0 radical (unpaired) electrons. The van der Waals surface area contributed by atoms with Crippen molar-refractivity contribution in [1.82, 2.24) is 10.2 Å². The predicted molar refractivity (Wildman–Crippen MR) is 96.0 cm³/mol. The van der Waals surface area contributed by atoms with E-state index in [4.69, 9.17) is 4.74 Å². The number of carbonyl (C=O) groups excluding carboxylic acids is 1. The Kier molecular flexibility index (Phi) is 6.27. The molecule has 2 aliphatic rings. The quantitative estimate of drug-likeness (QED) is 0.871. The standard InChI is InChI=1S/C20H30N2O2/c1-16-6-8-17(9-7-16)10-12-22(15-19-5-3-13-24-19)20(23)18-4-2-11-21-14-18/h6-9,18-19,21H,2-5,10-15H2,1H3. The Morgan fingerprint density at radius 3 is 2.75 bits per heavy atom. The molecule has 4 nitrogen and oxygen atoms in total. The minimum absolute atomic E-state index is 0.137. The number of benzene rings is 1. The molecular weight excluding hydrogens is 300 g/mol. The summed E-state index contributed by atoms with van der Waals surface area (Å²) in [6.07, 6.45) is 5.45. The van der Waals surface area contributed by atoms with Crippen molar-refractivity contribution in [3.8, 4) is 0 Å². The van der Waals surface area contributed by atoms with Crippen LogP contribution in [0.3, 0.4) is 0 Å². The van der Waals surface area contributed by atoms with Gasteiger partial charge in [-0.1, -0.05) is 29.8 Å². The van der Waals surface area contributed by atoms with Gasteiger partial charge in [0.1, 0.15) is 0 Å². The summed E-state index contributed by atoms with van der Waals surface area (Å²) in [6.45, 7) is 6.35. The first-order chi connectivity index (χ1) is 11.7. The van der Waals surface area contributed by atoms with Gasteiger partial charge >= 0.3 is 0 Å². The molecule has 0 bridgehead atoms. The molecule has 2 saturated heterocycles. The van der Waals surface area contributed by atoms with Crippen molar-refractivity contribution >= 4 is 5.91 Å². The predicted octanol–water partition coefficient (Wildman–Crippen LogP) is 2.54. The minimum Gasteiger partial charge on any atom is -0.376 e. The van der Waals surface area contributed by atoms with Crippen LogP contribution in [0.2, 0.25) is 0 Å². The topological polar surface area (TPSA) is 41.6 Å². The summed E-state index contributed by atoms with van der Waals surface area (Å²) in [5.41, 5.74) is 2.58. The Balaban J connectivity index is 1.61. The molecule has 0 aliphatic carbocycles. The van der Waals surface area contributed by atoms with Crippen molar-refractivity contribution in [2.45, 2.75) is 45.1 Å². The van der Waals surface area contributed by atoms with Crippen molar-refractivity contribution in [3.63, 3.8) is 0 Å². The van der Waals surface area contributed by atoms with E-state index < -0.39 is 0 Å². The number of hydrogen-bond donors (Lipinski definition) is 1. The fraction of sp³-hybridized carbons (Fsp3) is 0.650. The van der Waals surface area contributed by atoms with E-state index in [1.165, 1.54) is 11.1 Å². The highest BCUT2D eigenvalue weighted by molar-refractivity contribution is 5.79. The highest BCUT2D eigenvalue weighted by Crippen LogP contribution is 2.18. The smallest absolute Gasteiger partial charge is 0.227 e. The fourth-order valence-electron chi connectivity index (χ4n) is 3.67. The van der Waals surface area contributed by atoms with E-state index in [0.717, 1.165) is 64.9 Å². The van der Waals surface area contributed by atoms with Gasteiger partial charge in [0.2, 0.25) is 5.91 Å². The first-order valence-electron chi connectivity index (χ1n) is 9.39. The molecule has 0 saturated carbocycles. The van der Waals surface area contributed by atoms with Gasteiger partial charge in [0.25, 0.3) is 0 Å². The molecule has 3 rings (SSSR count). The van der Waals surface area contributed by atoms with E-state index in [9.17, 15) is 4.79 Å². The van der Waals surface area contributed by atoms with Gasteiger partial charge in [0.15, 0.2) is 0 Å². The molecule has 2 unspecified atom stereocenters. The summed E-state index contributed by atoms with van der Waals surface area (Å²) in [7, 11) is 0. The monoisotopic (exact) mass is 330 g/mol. The number of nitrogens with zero attached hydrogens (tertiary/aromatic N) is 1. The van der Waals surface area contributed by atoms with E-state index in [2.05, 4.69) is 41.4 Å². The Morgan fingerprint density at radius 2 is 2.08 bits per heavy atom. The molecular formula is C20H30N2O2. The van der Waals surface area contributed by atoms with Crippen molar-refractivity contribution in [2.24, 2.45) is 5.92 Å². The Labute approximate surface area is 145 Å². The lowest BCUT2D eigenvalue weighted by Gasteiger charge is -2.31.